The third-order valence-corrected chi connectivity index (χ3v) is 2.93. The van der Waals surface area contributed by atoms with Gasteiger partial charge in [0.05, 0.1) is 25.0 Å². The van der Waals surface area contributed by atoms with Crippen LogP contribution < -0.4 is 15.8 Å². The van der Waals surface area contributed by atoms with Gasteiger partial charge < -0.3 is 15.8 Å². The van der Waals surface area contributed by atoms with Crippen LogP contribution in [0.3, 0.4) is 0 Å². The van der Waals surface area contributed by atoms with Gasteiger partial charge in [-0.1, -0.05) is 12.1 Å². The molecule has 2 rings (SSSR count). The van der Waals surface area contributed by atoms with E-state index in [0.717, 1.165) is 11.3 Å². The molecule has 0 aliphatic heterocycles. The zero-order valence-electron chi connectivity index (χ0n) is 11.5. The number of rotatable bonds is 5. The van der Waals surface area contributed by atoms with Gasteiger partial charge in [0.1, 0.15) is 12.3 Å². The van der Waals surface area contributed by atoms with Crippen molar-refractivity contribution >= 4 is 11.6 Å². The van der Waals surface area contributed by atoms with Crippen LogP contribution in [0.4, 0.5) is 5.69 Å². The number of nitrogen functional groups attached to an aromatic ring is 1. The summed E-state index contributed by atoms with van der Waals surface area (Å²) in [4.78, 5) is 11.9. The molecule has 0 spiro atoms. The molecule has 0 bridgehead atoms. The van der Waals surface area contributed by atoms with Crippen molar-refractivity contribution in [1.29, 1.82) is 0 Å². The van der Waals surface area contributed by atoms with Gasteiger partial charge in [0.2, 0.25) is 5.91 Å². The Labute approximate surface area is 117 Å². The lowest BCUT2D eigenvalue weighted by atomic mass is 10.1. The Morgan fingerprint density at radius 2 is 2.35 bits per heavy atom. The molecule has 0 aliphatic rings. The summed E-state index contributed by atoms with van der Waals surface area (Å²) in [6.45, 7) is 2.07. The first-order valence-electron chi connectivity index (χ1n) is 6.29. The van der Waals surface area contributed by atoms with Crippen LogP contribution in [0, 0.1) is 0 Å². The average Bonchev–Trinajstić information content (AvgIpc) is 2.83. The molecular weight excluding hydrogens is 256 g/mol. The third-order valence-electron chi connectivity index (χ3n) is 2.93. The van der Waals surface area contributed by atoms with Gasteiger partial charge in [-0.25, -0.2) is 0 Å². The van der Waals surface area contributed by atoms with E-state index in [1.807, 2.05) is 31.2 Å². The number of methoxy groups -OCH3 is 1. The number of carbonyl (C=O) groups is 1. The van der Waals surface area contributed by atoms with E-state index < -0.39 is 0 Å². The van der Waals surface area contributed by atoms with Gasteiger partial charge in [-0.3, -0.25) is 9.48 Å². The molecule has 1 amide bonds. The van der Waals surface area contributed by atoms with E-state index in [1.54, 1.807) is 13.3 Å². The van der Waals surface area contributed by atoms with E-state index in [0.29, 0.717) is 5.69 Å². The number of ether oxygens (including phenoxy) is 1. The quantitative estimate of drug-likeness (QED) is 0.862. The Morgan fingerprint density at radius 3 is 3.00 bits per heavy atom. The number of carbonyl (C=O) groups excluding carboxylic acids is 1. The lowest BCUT2D eigenvalue weighted by molar-refractivity contribution is -0.122. The molecule has 1 aromatic heterocycles. The first-order valence-corrected chi connectivity index (χ1v) is 6.29. The van der Waals surface area contributed by atoms with E-state index in [1.165, 1.54) is 10.9 Å². The van der Waals surface area contributed by atoms with Crippen molar-refractivity contribution < 1.29 is 9.53 Å². The highest BCUT2D eigenvalue weighted by Crippen LogP contribution is 2.18. The van der Waals surface area contributed by atoms with Gasteiger partial charge in [-0.2, -0.15) is 5.10 Å². The van der Waals surface area contributed by atoms with Crippen molar-refractivity contribution in [2.75, 3.05) is 12.8 Å². The molecule has 20 heavy (non-hydrogen) atoms. The summed E-state index contributed by atoms with van der Waals surface area (Å²) in [5.74, 6) is 0.645. The number of amides is 1. The maximum atomic E-state index is 11.9. The fraction of sp³-hybridized carbons (Fsp3) is 0.286. The van der Waals surface area contributed by atoms with Crippen LogP contribution in [0.2, 0.25) is 0 Å². The van der Waals surface area contributed by atoms with Gasteiger partial charge in [-0.15, -0.1) is 0 Å². The normalized spacial score (nSPS) is 11.9. The maximum Gasteiger partial charge on any atom is 0.242 e. The van der Waals surface area contributed by atoms with E-state index in [2.05, 4.69) is 10.4 Å². The predicted molar refractivity (Wildman–Crippen MR) is 76.2 cm³/mol. The minimum Gasteiger partial charge on any atom is -0.497 e. The second-order valence-corrected chi connectivity index (χ2v) is 4.54. The number of benzene rings is 1. The second kappa shape index (κ2) is 6.10. The molecular formula is C14H18N4O2. The number of hydrogen-bond acceptors (Lipinski definition) is 4. The molecule has 1 heterocycles. The lowest BCUT2D eigenvalue weighted by Crippen LogP contribution is -2.30. The largest absolute Gasteiger partial charge is 0.497 e. The zero-order valence-corrected chi connectivity index (χ0v) is 11.5. The zero-order chi connectivity index (χ0) is 14.5. The number of nitrogens with zero attached hydrogens (tertiary/aromatic N) is 2. The Hall–Kier alpha value is -2.50. The Balaban J connectivity index is 1.96. The molecule has 3 N–H and O–H groups in total. The Kier molecular flexibility index (Phi) is 4.24. The van der Waals surface area contributed by atoms with Crippen LogP contribution in [-0.2, 0) is 11.3 Å². The van der Waals surface area contributed by atoms with Crippen LogP contribution in [0.5, 0.6) is 5.75 Å². The van der Waals surface area contributed by atoms with Crippen molar-refractivity contribution in [3.05, 3.63) is 42.2 Å². The number of aromatic nitrogens is 2. The first-order chi connectivity index (χ1) is 9.58. The fourth-order valence-corrected chi connectivity index (χ4v) is 1.89. The molecule has 6 heteroatoms. The summed E-state index contributed by atoms with van der Waals surface area (Å²) in [6.07, 6.45) is 3.13. The van der Waals surface area contributed by atoms with E-state index in [-0.39, 0.29) is 18.5 Å². The summed E-state index contributed by atoms with van der Waals surface area (Å²) in [5.41, 5.74) is 7.07. The SMILES string of the molecule is COc1cccc(C(C)NC(=O)Cn2cc(N)cn2)c1. The fourth-order valence-electron chi connectivity index (χ4n) is 1.89. The highest BCUT2D eigenvalue weighted by atomic mass is 16.5. The molecule has 106 valence electrons. The van der Waals surface area contributed by atoms with Crippen LogP contribution in [0.1, 0.15) is 18.5 Å². The van der Waals surface area contributed by atoms with Crippen LogP contribution in [-0.4, -0.2) is 22.8 Å². The topological polar surface area (TPSA) is 82.2 Å². The van der Waals surface area contributed by atoms with Crippen molar-refractivity contribution in [3.8, 4) is 5.75 Å². The molecule has 0 aliphatic carbocycles. The molecule has 0 radical (unpaired) electrons. The monoisotopic (exact) mass is 274 g/mol. The number of nitrogens with one attached hydrogen (secondary N) is 1. The molecule has 6 nitrogen and oxygen atoms in total. The molecule has 0 fully saturated rings. The highest BCUT2D eigenvalue weighted by molar-refractivity contribution is 5.76. The summed E-state index contributed by atoms with van der Waals surface area (Å²) in [5, 5.41) is 6.88. The van der Waals surface area contributed by atoms with Crippen molar-refractivity contribution in [2.45, 2.75) is 19.5 Å². The van der Waals surface area contributed by atoms with Crippen molar-refractivity contribution in [3.63, 3.8) is 0 Å². The summed E-state index contributed by atoms with van der Waals surface area (Å²) in [6, 6.07) is 7.50. The van der Waals surface area contributed by atoms with Gasteiger partial charge in [0.25, 0.3) is 0 Å². The first kappa shape index (κ1) is 13.9. The summed E-state index contributed by atoms with van der Waals surface area (Å²) < 4.78 is 6.67. The lowest BCUT2D eigenvalue weighted by Gasteiger charge is -2.15. The smallest absolute Gasteiger partial charge is 0.242 e. The van der Waals surface area contributed by atoms with Crippen LogP contribution in [0.15, 0.2) is 36.7 Å². The minimum atomic E-state index is -0.122. The molecule has 1 aromatic carbocycles. The highest BCUT2D eigenvalue weighted by Gasteiger charge is 2.11. The standard InChI is InChI=1S/C14H18N4O2/c1-10(11-4-3-5-13(6-11)20-2)17-14(19)9-18-8-12(15)7-16-18/h3-8,10H,9,15H2,1-2H3,(H,17,19). The number of hydrogen-bond donors (Lipinski definition) is 2. The average molecular weight is 274 g/mol. The Morgan fingerprint density at radius 1 is 1.55 bits per heavy atom. The predicted octanol–water partition coefficient (Wildman–Crippen LogP) is 1.35. The summed E-state index contributed by atoms with van der Waals surface area (Å²) >= 11 is 0. The van der Waals surface area contributed by atoms with Gasteiger partial charge in [0, 0.05) is 6.20 Å². The maximum absolute atomic E-state index is 11.9. The second-order valence-electron chi connectivity index (χ2n) is 4.54. The van der Waals surface area contributed by atoms with Gasteiger partial charge in [-0.05, 0) is 24.6 Å². The van der Waals surface area contributed by atoms with Crippen LogP contribution in [0.25, 0.3) is 0 Å². The van der Waals surface area contributed by atoms with E-state index in [4.69, 9.17) is 10.5 Å². The van der Waals surface area contributed by atoms with Crippen molar-refractivity contribution in [1.82, 2.24) is 15.1 Å². The van der Waals surface area contributed by atoms with Crippen LogP contribution >= 0.6 is 0 Å². The van der Waals surface area contributed by atoms with E-state index in [9.17, 15) is 4.79 Å². The van der Waals surface area contributed by atoms with Gasteiger partial charge in [0.15, 0.2) is 0 Å². The van der Waals surface area contributed by atoms with Gasteiger partial charge >= 0.3 is 0 Å². The molecule has 0 saturated heterocycles. The Bertz CT molecular complexity index is 594. The number of anilines is 1. The minimum absolute atomic E-state index is 0.106. The number of nitrogens with two attached hydrogens (primary N) is 1. The third kappa shape index (κ3) is 3.50. The van der Waals surface area contributed by atoms with E-state index >= 15 is 0 Å². The van der Waals surface area contributed by atoms with Crippen molar-refractivity contribution in [2.24, 2.45) is 0 Å². The molecule has 0 saturated carbocycles. The molecule has 1 unspecified atom stereocenters. The molecule has 1 atom stereocenters. The molecule has 2 aromatic rings. The summed E-state index contributed by atoms with van der Waals surface area (Å²) in [7, 11) is 1.62.